The highest BCUT2D eigenvalue weighted by molar-refractivity contribution is 7.84. The predicted octanol–water partition coefficient (Wildman–Crippen LogP) is 1.69. The van der Waals surface area contributed by atoms with Crippen LogP contribution in [0.15, 0.2) is 0 Å². The molecule has 2 N–H and O–H groups in total. The lowest BCUT2D eigenvalue weighted by Crippen LogP contribution is -1.95. The van der Waals surface area contributed by atoms with Crippen molar-refractivity contribution in [1.82, 2.24) is 0 Å². The van der Waals surface area contributed by atoms with E-state index in [2.05, 4.69) is 0 Å². The fraction of sp³-hybridized carbons (Fsp3) is 1.00. The summed E-state index contributed by atoms with van der Waals surface area (Å²) in [5, 5.41) is 0. The summed E-state index contributed by atoms with van der Waals surface area (Å²) in [6.07, 6.45) is 0. The predicted molar refractivity (Wildman–Crippen MR) is 54.8 cm³/mol. The minimum atomic E-state index is -3.37. The van der Waals surface area contributed by atoms with Gasteiger partial charge in [0.1, 0.15) is 7.14 Å². The molecule has 0 radical (unpaired) electrons. The monoisotopic (exact) mass is 248 g/mol. The number of rotatable bonds is 4. The highest BCUT2D eigenvalue weighted by Crippen LogP contribution is 2.62. The van der Waals surface area contributed by atoms with E-state index in [1.165, 1.54) is 6.66 Å². The Hall–Kier alpha value is 0.610. The van der Waals surface area contributed by atoms with E-state index in [9.17, 15) is 13.7 Å². The molecule has 0 bridgehead atoms. The van der Waals surface area contributed by atoms with Crippen LogP contribution >= 0.6 is 21.9 Å². The first kappa shape index (κ1) is 13.6. The average Bonchev–Trinajstić information content (AvgIpc) is 1.43. The van der Waals surface area contributed by atoms with Crippen molar-refractivity contribution in [3.05, 3.63) is 0 Å². The van der Waals surface area contributed by atoms with Gasteiger partial charge in [-0.05, 0) is 6.66 Å². The third-order valence-electron chi connectivity index (χ3n) is 1.12. The summed E-state index contributed by atoms with van der Waals surface area (Å²) in [6.45, 7) is 3.48. The summed E-state index contributed by atoms with van der Waals surface area (Å²) in [4.78, 5) is 17.9. The van der Waals surface area contributed by atoms with Gasteiger partial charge in [-0.25, -0.2) is 0 Å². The third kappa shape index (κ3) is 8.93. The zero-order valence-electron chi connectivity index (χ0n) is 7.88. The molecule has 0 aromatic rings. The Bertz CT molecular complexity index is 282. The number of hydrogen-bond donors (Lipinski definition) is 2. The van der Waals surface area contributed by atoms with Gasteiger partial charge < -0.3 is 14.4 Å². The van der Waals surface area contributed by atoms with Crippen molar-refractivity contribution in [3.8, 4) is 0 Å². The topological polar surface area (TPSA) is 91.7 Å². The molecule has 13 heavy (non-hydrogen) atoms. The molecule has 0 saturated carbocycles. The van der Waals surface area contributed by atoms with Gasteiger partial charge in [-0.2, -0.15) is 0 Å². The summed E-state index contributed by atoms with van der Waals surface area (Å²) < 4.78 is 33.4. The molecular weight excluding hydrogens is 233 g/mol. The fourth-order valence-electron chi connectivity index (χ4n) is 1.15. The molecule has 0 aliphatic heterocycles. The van der Waals surface area contributed by atoms with Crippen LogP contribution in [0.25, 0.3) is 0 Å². The SMILES string of the molecule is CP(=O)(O)CP(C)(=O)CP(C)(=O)O. The van der Waals surface area contributed by atoms with Crippen molar-refractivity contribution in [2.24, 2.45) is 0 Å². The molecule has 5 nitrogen and oxygen atoms in total. The minimum absolute atomic E-state index is 0.363. The Kier molecular flexibility index (Phi) is 4.19. The van der Waals surface area contributed by atoms with Gasteiger partial charge in [-0.3, -0.25) is 9.13 Å². The molecule has 0 aromatic carbocycles. The van der Waals surface area contributed by atoms with Gasteiger partial charge in [0, 0.05) is 13.3 Å². The Morgan fingerprint density at radius 1 is 0.846 bits per heavy atom. The molecule has 0 heterocycles. The summed E-state index contributed by atoms with van der Waals surface area (Å²) in [7, 11) is -9.70. The second kappa shape index (κ2) is 4.00. The van der Waals surface area contributed by atoms with Crippen molar-refractivity contribution < 1.29 is 23.5 Å². The summed E-state index contributed by atoms with van der Waals surface area (Å²) in [5.41, 5.74) is 0. The quantitative estimate of drug-likeness (QED) is 0.738. The normalized spacial score (nSPS) is 25.6. The van der Waals surface area contributed by atoms with E-state index < -0.39 is 21.9 Å². The Morgan fingerprint density at radius 3 is 1.23 bits per heavy atom. The highest BCUT2D eigenvalue weighted by atomic mass is 31.2. The first-order valence-corrected chi connectivity index (χ1v) is 10.7. The van der Waals surface area contributed by atoms with Crippen molar-refractivity contribution >= 4 is 21.9 Å². The van der Waals surface area contributed by atoms with Crippen molar-refractivity contribution in [2.75, 3.05) is 31.8 Å². The molecule has 0 aliphatic rings. The lowest BCUT2D eigenvalue weighted by atomic mass is 11.8. The molecule has 2 unspecified atom stereocenters. The van der Waals surface area contributed by atoms with Crippen LogP contribution in [0.5, 0.6) is 0 Å². The van der Waals surface area contributed by atoms with Crippen molar-refractivity contribution in [3.63, 3.8) is 0 Å². The van der Waals surface area contributed by atoms with Crippen molar-refractivity contribution in [1.29, 1.82) is 0 Å². The highest BCUT2D eigenvalue weighted by Gasteiger charge is 2.30. The first-order valence-electron chi connectivity index (χ1n) is 3.55. The molecule has 0 fully saturated rings. The van der Waals surface area contributed by atoms with Crippen molar-refractivity contribution in [2.45, 2.75) is 0 Å². The van der Waals surface area contributed by atoms with Crippen LogP contribution in [0.3, 0.4) is 0 Å². The Labute approximate surface area is 77.8 Å². The summed E-state index contributed by atoms with van der Waals surface area (Å²) in [6, 6.07) is 0. The molecule has 8 heteroatoms. The smallest absolute Gasteiger partial charge is 0.204 e. The molecule has 0 rings (SSSR count). The van der Waals surface area contributed by atoms with Crippen LogP contribution in [-0.2, 0) is 13.7 Å². The first-order chi connectivity index (χ1) is 5.41. The van der Waals surface area contributed by atoms with Crippen LogP contribution < -0.4 is 0 Å². The van der Waals surface area contributed by atoms with Gasteiger partial charge in [0.05, 0.1) is 11.8 Å². The maximum Gasteiger partial charge on any atom is 0.204 e. The van der Waals surface area contributed by atoms with Gasteiger partial charge in [0.25, 0.3) is 0 Å². The second-order valence-electron chi connectivity index (χ2n) is 3.68. The zero-order chi connectivity index (χ0) is 10.9. The third-order valence-corrected chi connectivity index (χ3v) is 10.1. The molecule has 2 atom stereocenters. The summed E-state index contributed by atoms with van der Waals surface area (Å²) in [5.74, 6) is -0.725. The molecule has 0 aliphatic carbocycles. The lowest BCUT2D eigenvalue weighted by Gasteiger charge is -2.16. The number of hydrogen-bond acceptors (Lipinski definition) is 3. The van der Waals surface area contributed by atoms with E-state index in [1.54, 1.807) is 0 Å². The Morgan fingerprint density at radius 2 is 1.08 bits per heavy atom. The van der Waals surface area contributed by atoms with E-state index in [0.717, 1.165) is 13.3 Å². The maximum absolute atomic E-state index is 11.6. The molecule has 0 spiro atoms. The molecule has 0 amide bonds. The van der Waals surface area contributed by atoms with E-state index in [0.29, 0.717) is 0 Å². The largest absolute Gasteiger partial charge is 0.344 e. The van der Waals surface area contributed by atoms with E-state index in [4.69, 9.17) is 9.79 Å². The van der Waals surface area contributed by atoms with Gasteiger partial charge >= 0.3 is 0 Å². The Balaban J connectivity index is 4.54. The van der Waals surface area contributed by atoms with Gasteiger partial charge in [0.2, 0.25) is 14.7 Å². The van der Waals surface area contributed by atoms with Crippen LogP contribution in [0.2, 0.25) is 0 Å². The second-order valence-corrected chi connectivity index (χ2v) is 12.7. The van der Waals surface area contributed by atoms with Crippen LogP contribution in [0.1, 0.15) is 0 Å². The van der Waals surface area contributed by atoms with E-state index >= 15 is 0 Å². The molecule has 80 valence electrons. The van der Waals surface area contributed by atoms with Gasteiger partial charge in [0.15, 0.2) is 0 Å². The zero-order valence-corrected chi connectivity index (χ0v) is 10.6. The summed E-state index contributed by atoms with van der Waals surface area (Å²) >= 11 is 0. The standard InChI is InChI=1S/C5H15O5P3/c1-11(6,4-12(2,7)8)5-13(3,9)10/h4-5H2,1-3H3,(H,7,8)(H,9,10). The van der Waals surface area contributed by atoms with Gasteiger partial charge in [-0.1, -0.05) is 0 Å². The minimum Gasteiger partial charge on any atom is -0.344 e. The lowest BCUT2D eigenvalue weighted by molar-refractivity contribution is 0.488. The van der Waals surface area contributed by atoms with Gasteiger partial charge in [-0.15, -0.1) is 0 Å². The fourth-order valence-corrected chi connectivity index (χ4v) is 11.2. The molecule has 0 aromatic heterocycles. The molecule has 0 saturated heterocycles. The average molecular weight is 248 g/mol. The van der Waals surface area contributed by atoms with E-state index in [-0.39, 0.29) is 11.8 Å². The van der Waals surface area contributed by atoms with Crippen LogP contribution in [-0.4, -0.2) is 41.6 Å². The van der Waals surface area contributed by atoms with E-state index in [1.807, 2.05) is 0 Å². The van der Waals surface area contributed by atoms with Crippen LogP contribution in [0.4, 0.5) is 0 Å². The van der Waals surface area contributed by atoms with Crippen LogP contribution in [0, 0.1) is 0 Å². The maximum atomic E-state index is 11.6. The molecular formula is C5H15O5P3.